The summed E-state index contributed by atoms with van der Waals surface area (Å²) in [5, 5.41) is 22.1. The molecule has 9 atom stereocenters. The topological polar surface area (TPSA) is 155 Å². The Bertz CT molecular complexity index is 1490. The summed E-state index contributed by atoms with van der Waals surface area (Å²) in [6, 6.07) is 6.23. The van der Waals surface area contributed by atoms with Crippen molar-refractivity contribution in [2.45, 2.75) is 98.1 Å². The third-order valence-electron chi connectivity index (χ3n) is 9.96. The van der Waals surface area contributed by atoms with Crippen molar-refractivity contribution >= 4 is 30.0 Å². The van der Waals surface area contributed by atoms with Gasteiger partial charge in [0, 0.05) is 37.8 Å². The highest BCUT2D eigenvalue weighted by atomic mass is 16.8. The Hall–Kier alpha value is -4.22. The van der Waals surface area contributed by atoms with Crippen molar-refractivity contribution < 1.29 is 53.1 Å². The summed E-state index contributed by atoms with van der Waals surface area (Å²) in [5.41, 5.74) is -0.576. The van der Waals surface area contributed by atoms with E-state index in [1.807, 2.05) is 33.8 Å². The number of aliphatic hydroxyl groups is 1. The van der Waals surface area contributed by atoms with Gasteiger partial charge in [0.1, 0.15) is 24.1 Å². The fourth-order valence-electron chi connectivity index (χ4n) is 7.41. The van der Waals surface area contributed by atoms with Crippen molar-refractivity contribution in [3.8, 4) is 5.75 Å². The van der Waals surface area contributed by atoms with Gasteiger partial charge in [-0.15, -0.1) is 0 Å². The number of carbonyl (C=O) groups is 4. The zero-order valence-electron chi connectivity index (χ0n) is 28.3. The number of benzene rings is 1. The molecule has 0 amide bonds. The Morgan fingerprint density at radius 1 is 1.04 bits per heavy atom. The van der Waals surface area contributed by atoms with E-state index >= 15 is 0 Å². The summed E-state index contributed by atoms with van der Waals surface area (Å²) >= 11 is 0. The molecule has 260 valence electrons. The summed E-state index contributed by atoms with van der Waals surface area (Å²) in [5.74, 6) is -3.55. The minimum absolute atomic E-state index is 0.0783. The third kappa shape index (κ3) is 7.27. The molecule has 3 aliphatic rings. The number of allylic oxidation sites excluding steroid dienone is 3. The Morgan fingerprint density at radius 2 is 1.71 bits per heavy atom. The van der Waals surface area contributed by atoms with Gasteiger partial charge in [0.25, 0.3) is 0 Å². The number of aromatic hydroxyl groups is 1. The maximum absolute atomic E-state index is 13.4. The Kier molecular flexibility index (Phi) is 11.4. The van der Waals surface area contributed by atoms with E-state index in [9.17, 15) is 29.4 Å². The smallest absolute Gasteiger partial charge is 0.331 e. The highest BCUT2D eigenvalue weighted by Crippen LogP contribution is 2.67. The number of carbonyl (C=O) groups excluding carboxylic acids is 4. The lowest BCUT2D eigenvalue weighted by atomic mass is 9.44. The molecule has 2 aliphatic carbocycles. The number of phenols is 1. The summed E-state index contributed by atoms with van der Waals surface area (Å²) in [6.45, 7) is 13.9. The molecule has 1 spiro atoms. The molecule has 11 heteroatoms. The van der Waals surface area contributed by atoms with Gasteiger partial charge in [-0.3, -0.25) is 19.1 Å². The molecule has 1 aliphatic heterocycles. The van der Waals surface area contributed by atoms with E-state index in [-0.39, 0.29) is 24.2 Å². The Balaban J connectivity index is 1.89. The highest BCUT2D eigenvalue weighted by Gasteiger charge is 2.74. The molecule has 0 aromatic heterocycles. The van der Waals surface area contributed by atoms with E-state index < -0.39 is 77.4 Å². The molecule has 1 aromatic carbocycles. The van der Waals surface area contributed by atoms with E-state index in [1.54, 1.807) is 24.3 Å². The zero-order chi connectivity index (χ0) is 35.4. The van der Waals surface area contributed by atoms with Crippen LogP contribution in [0.5, 0.6) is 5.75 Å². The molecule has 11 nitrogen and oxygen atoms in total. The molecule has 2 N–H and O–H groups in total. The van der Waals surface area contributed by atoms with Crippen molar-refractivity contribution in [1.29, 1.82) is 0 Å². The lowest BCUT2D eigenvalue weighted by molar-refractivity contribution is -0.275. The number of hydrogen-bond donors (Lipinski definition) is 2. The van der Waals surface area contributed by atoms with E-state index in [1.165, 1.54) is 38.1 Å². The third-order valence-corrected chi connectivity index (χ3v) is 9.96. The van der Waals surface area contributed by atoms with Crippen molar-refractivity contribution in [2.24, 2.45) is 22.7 Å². The normalized spacial score (nSPS) is 32.8. The van der Waals surface area contributed by atoms with Gasteiger partial charge in [0.15, 0.2) is 0 Å². The van der Waals surface area contributed by atoms with Gasteiger partial charge in [0.2, 0.25) is 12.6 Å². The molecule has 0 bridgehead atoms. The summed E-state index contributed by atoms with van der Waals surface area (Å²) in [6.07, 6.45) is 3.21. The van der Waals surface area contributed by atoms with Gasteiger partial charge in [-0.05, 0) is 67.4 Å². The molecular formula is C37H46O11. The molecule has 48 heavy (non-hydrogen) atoms. The summed E-state index contributed by atoms with van der Waals surface area (Å²) in [4.78, 5) is 50.9. The largest absolute Gasteiger partial charge is 0.508 e. The van der Waals surface area contributed by atoms with Crippen LogP contribution >= 0.6 is 0 Å². The molecule has 1 unspecified atom stereocenters. The zero-order valence-corrected chi connectivity index (χ0v) is 28.3. The Labute approximate surface area is 281 Å². The quantitative estimate of drug-likeness (QED) is 0.104. The minimum atomic E-state index is -1.57. The average molecular weight is 667 g/mol. The number of hydrogen-bond acceptors (Lipinski definition) is 11. The first-order chi connectivity index (χ1) is 22.7. The monoisotopic (exact) mass is 666 g/mol. The molecular weight excluding hydrogens is 620 g/mol. The molecule has 2 fully saturated rings. The second-order valence-corrected chi connectivity index (χ2v) is 13.1. The maximum atomic E-state index is 13.4. The first-order valence-corrected chi connectivity index (χ1v) is 16.2. The van der Waals surface area contributed by atoms with Gasteiger partial charge >= 0.3 is 23.9 Å². The number of aliphatic hydroxyl groups excluding tert-OH is 1. The van der Waals surface area contributed by atoms with Crippen LogP contribution < -0.4 is 0 Å². The van der Waals surface area contributed by atoms with Crippen LogP contribution in [0.1, 0.15) is 72.8 Å². The predicted octanol–water partition coefficient (Wildman–Crippen LogP) is 5.31. The highest BCUT2D eigenvalue weighted by molar-refractivity contribution is 5.87. The van der Waals surface area contributed by atoms with Crippen molar-refractivity contribution in [1.82, 2.24) is 0 Å². The summed E-state index contributed by atoms with van der Waals surface area (Å²) in [7, 11) is 0. The van der Waals surface area contributed by atoms with E-state index in [0.717, 1.165) is 5.57 Å². The van der Waals surface area contributed by atoms with Crippen molar-refractivity contribution in [3.63, 3.8) is 0 Å². The average Bonchev–Trinajstić information content (AvgIpc) is 3.32. The molecule has 0 radical (unpaired) electrons. The molecule has 4 rings (SSSR count). The van der Waals surface area contributed by atoms with Crippen LogP contribution in [-0.2, 0) is 42.9 Å². The lowest BCUT2D eigenvalue weighted by Gasteiger charge is -2.62. The van der Waals surface area contributed by atoms with Crippen LogP contribution in [0.2, 0.25) is 0 Å². The van der Waals surface area contributed by atoms with E-state index in [2.05, 4.69) is 6.58 Å². The standard InChI is InChI=1S/C37H46O11/c1-8-10-30(41)46-27-19-28-34(44-23(5)38)48-35(45-24(6)39)37(28)29(20-27)36(7,18-17-21(3)9-2)22(4)32(33(37)43)47-31(42)16-13-25-11-14-26(40)15-12-25/h9,11-17,19,22,27,29,32-35,40,43H,2,8,10,18,20H2,1,3-7H3/b16-13+,21-17-/t22-,27+,29+,32-,33+,34+,35-,36-,37?/m1/s1. The van der Waals surface area contributed by atoms with Crippen molar-refractivity contribution in [3.05, 3.63) is 71.9 Å². The van der Waals surface area contributed by atoms with Crippen LogP contribution in [0, 0.1) is 22.7 Å². The minimum Gasteiger partial charge on any atom is -0.508 e. The second kappa shape index (κ2) is 14.9. The van der Waals surface area contributed by atoms with Crippen LogP contribution in [0.4, 0.5) is 0 Å². The molecule has 1 saturated carbocycles. The van der Waals surface area contributed by atoms with Crippen LogP contribution in [-0.4, -0.2) is 65.0 Å². The second-order valence-electron chi connectivity index (χ2n) is 13.1. The number of esters is 4. The molecule has 1 saturated heterocycles. The van der Waals surface area contributed by atoms with Crippen LogP contribution in [0.15, 0.2) is 66.3 Å². The maximum Gasteiger partial charge on any atom is 0.331 e. The van der Waals surface area contributed by atoms with Gasteiger partial charge in [0.05, 0.1) is 5.41 Å². The predicted molar refractivity (Wildman–Crippen MR) is 174 cm³/mol. The number of phenolic OH excluding ortho intramolecular Hbond substituents is 1. The van der Waals surface area contributed by atoms with E-state index in [0.29, 0.717) is 18.4 Å². The van der Waals surface area contributed by atoms with Crippen LogP contribution in [0.3, 0.4) is 0 Å². The number of ether oxygens (including phenoxy) is 5. The van der Waals surface area contributed by atoms with Gasteiger partial charge in [-0.2, -0.15) is 0 Å². The van der Waals surface area contributed by atoms with Crippen molar-refractivity contribution in [2.75, 3.05) is 0 Å². The first kappa shape index (κ1) is 36.6. The first-order valence-electron chi connectivity index (χ1n) is 16.2. The fourth-order valence-corrected chi connectivity index (χ4v) is 7.41. The lowest BCUT2D eigenvalue weighted by Crippen LogP contribution is -2.68. The van der Waals surface area contributed by atoms with Gasteiger partial charge in [-0.1, -0.05) is 57.2 Å². The molecule has 1 aromatic rings. The Morgan fingerprint density at radius 3 is 2.31 bits per heavy atom. The number of rotatable bonds is 11. The van der Waals surface area contributed by atoms with Gasteiger partial charge < -0.3 is 29.2 Å². The van der Waals surface area contributed by atoms with Crippen LogP contribution in [0.25, 0.3) is 6.08 Å². The SMILES string of the molecule is C=C/C(C)=C\C[C@]1(C)[C@H](C)[C@@H](OC(=O)/C=C/c2ccc(O)cc2)[C@H](O)C23C(=C[C@H](OC(=O)CCC)C[C@H]21)[C@@H](OC(C)=O)O[C@H]3OC(C)=O. The molecule has 1 heterocycles. The van der Waals surface area contributed by atoms with E-state index in [4.69, 9.17) is 23.7 Å². The summed E-state index contributed by atoms with van der Waals surface area (Å²) < 4.78 is 29.4. The fraction of sp³-hybridized carbons (Fsp3) is 0.514. The van der Waals surface area contributed by atoms with Gasteiger partial charge in [-0.25, -0.2) is 4.79 Å².